The molecular formula is C18H16N3+. The van der Waals surface area contributed by atoms with E-state index in [1.54, 1.807) is 0 Å². The van der Waals surface area contributed by atoms with Crippen molar-refractivity contribution >= 4 is 21.8 Å². The van der Waals surface area contributed by atoms with Crippen molar-refractivity contribution in [2.45, 2.75) is 6.92 Å². The summed E-state index contributed by atoms with van der Waals surface area (Å²) in [6, 6.07) is 14.8. The Morgan fingerprint density at radius 2 is 1.76 bits per heavy atom. The number of para-hydroxylation sites is 1. The van der Waals surface area contributed by atoms with Gasteiger partial charge in [-0.3, -0.25) is 4.98 Å². The number of rotatable bonds is 1. The minimum absolute atomic E-state index is 1.15. The predicted molar refractivity (Wildman–Crippen MR) is 84.5 cm³/mol. The van der Waals surface area contributed by atoms with Crippen molar-refractivity contribution in [2.75, 3.05) is 0 Å². The van der Waals surface area contributed by atoms with Gasteiger partial charge in [0, 0.05) is 29.4 Å². The van der Waals surface area contributed by atoms with Gasteiger partial charge in [0.2, 0.25) is 0 Å². The van der Waals surface area contributed by atoms with E-state index in [9.17, 15) is 0 Å². The molecule has 0 saturated carbocycles. The van der Waals surface area contributed by atoms with E-state index in [0.717, 1.165) is 5.82 Å². The van der Waals surface area contributed by atoms with Gasteiger partial charge in [0.25, 0.3) is 5.82 Å². The molecule has 3 heteroatoms. The van der Waals surface area contributed by atoms with Crippen molar-refractivity contribution in [1.82, 2.24) is 9.55 Å². The highest BCUT2D eigenvalue weighted by Gasteiger charge is 2.21. The number of aryl methyl sites for hydroxylation is 2. The highest BCUT2D eigenvalue weighted by Crippen LogP contribution is 2.31. The van der Waals surface area contributed by atoms with E-state index >= 15 is 0 Å². The second-order valence-corrected chi connectivity index (χ2v) is 5.37. The summed E-state index contributed by atoms with van der Waals surface area (Å²) in [6.45, 7) is 2.12. The monoisotopic (exact) mass is 274 g/mol. The zero-order chi connectivity index (χ0) is 14.4. The summed E-state index contributed by atoms with van der Waals surface area (Å²) in [7, 11) is 2.08. The van der Waals surface area contributed by atoms with Crippen LogP contribution >= 0.6 is 0 Å². The van der Waals surface area contributed by atoms with E-state index in [2.05, 4.69) is 70.7 Å². The summed E-state index contributed by atoms with van der Waals surface area (Å²) in [4.78, 5) is 4.37. The fourth-order valence-corrected chi connectivity index (χ4v) is 3.05. The Bertz CT molecular complexity index is 967. The molecule has 0 fully saturated rings. The van der Waals surface area contributed by atoms with E-state index in [1.807, 2.05) is 18.5 Å². The molecule has 0 radical (unpaired) electrons. The standard InChI is InChI=1S/C18H16N3/c1-13-11-19-12-15-14-7-3-4-8-16(14)21(18(13)15)17-9-5-6-10-20(17)2/h3-12H,1-2H3/q+1. The van der Waals surface area contributed by atoms with Crippen LogP contribution in [0.15, 0.2) is 61.1 Å². The lowest BCUT2D eigenvalue weighted by Crippen LogP contribution is -2.33. The summed E-state index contributed by atoms with van der Waals surface area (Å²) in [5.41, 5.74) is 3.63. The van der Waals surface area contributed by atoms with Gasteiger partial charge < -0.3 is 0 Å². The number of fused-ring (bicyclic) bond motifs is 3. The molecule has 0 unspecified atom stereocenters. The summed E-state index contributed by atoms with van der Waals surface area (Å²) < 4.78 is 4.47. The molecule has 3 nitrogen and oxygen atoms in total. The molecule has 0 saturated heterocycles. The average molecular weight is 274 g/mol. The number of nitrogens with zero attached hydrogens (tertiary/aromatic N) is 3. The van der Waals surface area contributed by atoms with E-state index in [1.165, 1.54) is 27.4 Å². The molecule has 0 N–H and O–H groups in total. The maximum absolute atomic E-state index is 4.37. The van der Waals surface area contributed by atoms with Crippen LogP contribution in [0.25, 0.3) is 27.6 Å². The lowest BCUT2D eigenvalue weighted by Gasteiger charge is -2.04. The molecule has 3 aromatic heterocycles. The quantitative estimate of drug-likeness (QED) is 0.488. The van der Waals surface area contributed by atoms with Gasteiger partial charge in [0.05, 0.1) is 18.6 Å². The topological polar surface area (TPSA) is 21.7 Å². The third kappa shape index (κ3) is 1.67. The molecule has 0 amide bonds. The second kappa shape index (κ2) is 4.42. The molecule has 0 atom stereocenters. The zero-order valence-electron chi connectivity index (χ0n) is 12.1. The zero-order valence-corrected chi connectivity index (χ0v) is 12.1. The van der Waals surface area contributed by atoms with Crippen molar-refractivity contribution in [3.05, 3.63) is 66.6 Å². The van der Waals surface area contributed by atoms with Crippen molar-refractivity contribution in [3.63, 3.8) is 0 Å². The molecule has 0 bridgehead atoms. The summed E-state index contributed by atoms with van der Waals surface area (Å²) in [6.07, 6.45) is 5.97. The molecule has 4 aromatic rings. The molecule has 1 aromatic carbocycles. The van der Waals surface area contributed by atoms with Crippen LogP contribution in [0.1, 0.15) is 5.56 Å². The van der Waals surface area contributed by atoms with Crippen molar-refractivity contribution in [2.24, 2.45) is 7.05 Å². The van der Waals surface area contributed by atoms with Gasteiger partial charge in [-0.1, -0.05) is 18.2 Å². The number of benzene rings is 1. The van der Waals surface area contributed by atoms with Crippen molar-refractivity contribution in [3.8, 4) is 5.82 Å². The molecule has 0 spiro atoms. The van der Waals surface area contributed by atoms with Gasteiger partial charge in [0.1, 0.15) is 11.0 Å². The fourth-order valence-electron chi connectivity index (χ4n) is 3.05. The summed E-state index contributed by atoms with van der Waals surface area (Å²) in [5, 5.41) is 2.45. The smallest absolute Gasteiger partial charge is 0.263 e. The first-order valence-corrected chi connectivity index (χ1v) is 7.06. The van der Waals surface area contributed by atoms with E-state index in [0.29, 0.717) is 0 Å². The normalized spacial score (nSPS) is 11.3. The molecule has 0 aliphatic carbocycles. The van der Waals surface area contributed by atoms with Crippen LogP contribution in [0.2, 0.25) is 0 Å². The van der Waals surface area contributed by atoms with Gasteiger partial charge in [-0.05, 0) is 25.1 Å². The van der Waals surface area contributed by atoms with Crippen molar-refractivity contribution < 1.29 is 4.57 Å². The number of hydrogen-bond donors (Lipinski definition) is 0. The summed E-state index contributed by atoms with van der Waals surface area (Å²) >= 11 is 0. The summed E-state index contributed by atoms with van der Waals surface area (Å²) in [5.74, 6) is 1.15. The molecule has 3 heterocycles. The molecule has 21 heavy (non-hydrogen) atoms. The van der Waals surface area contributed by atoms with Gasteiger partial charge >= 0.3 is 0 Å². The van der Waals surface area contributed by atoms with Crippen LogP contribution in [-0.4, -0.2) is 9.55 Å². The van der Waals surface area contributed by atoms with Gasteiger partial charge in [-0.25, -0.2) is 4.57 Å². The molecule has 0 aliphatic rings. The predicted octanol–water partition coefficient (Wildman–Crippen LogP) is 3.31. The van der Waals surface area contributed by atoms with Crippen LogP contribution in [-0.2, 0) is 7.05 Å². The lowest BCUT2D eigenvalue weighted by molar-refractivity contribution is -0.665. The van der Waals surface area contributed by atoms with Crippen LogP contribution in [0.3, 0.4) is 0 Å². The number of pyridine rings is 2. The van der Waals surface area contributed by atoms with Gasteiger partial charge in [-0.15, -0.1) is 0 Å². The first kappa shape index (κ1) is 12.1. The second-order valence-electron chi connectivity index (χ2n) is 5.37. The Labute approximate surface area is 123 Å². The number of aromatic nitrogens is 3. The highest BCUT2D eigenvalue weighted by atomic mass is 15.1. The largest absolute Gasteiger partial charge is 0.286 e. The van der Waals surface area contributed by atoms with Crippen molar-refractivity contribution in [1.29, 1.82) is 0 Å². The Balaban J connectivity index is 2.28. The maximum Gasteiger partial charge on any atom is 0.286 e. The van der Waals surface area contributed by atoms with Crippen LogP contribution in [0, 0.1) is 6.92 Å². The number of hydrogen-bond acceptors (Lipinski definition) is 1. The Morgan fingerprint density at radius 3 is 2.62 bits per heavy atom. The minimum Gasteiger partial charge on any atom is -0.263 e. The van der Waals surface area contributed by atoms with Crippen LogP contribution < -0.4 is 4.57 Å². The SMILES string of the molecule is Cc1cncc2c3ccccc3n(-c3cccc[n+]3C)c12. The Morgan fingerprint density at radius 1 is 0.952 bits per heavy atom. The van der Waals surface area contributed by atoms with E-state index < -0.39 is 0 Å². The van der Waals surface area contributed by atoms with E-state index in [4.69, 9.17) is 0 Å². The molecule has 4 rings (SSSR count). The first-order chi connectivity index (χ1) is 10.3. The highest BCUT2D eigenvalue weighted by molar-refractivity contribution is 6.09. The third-order valence-electron chi connectivity index (χ3n) is 4.02. The molecular weight excluding hydrogens is 258 g/mol. The Kier molecular flexibility index (Phi) is 2.54. The van der Waals surface area contributed by atoms with Crippen LogP contribution in [0.5, 0.6) is 0 Å². The third-order valence-corrected chi connectivity index (χ3v) is 4.02. The van der Waals surface area contributed by atoms with Gasteiger partial charge in [-0.2, -0.15) is 4.57 Å². The minimum atomic E-state index is 1.15. The van der Waals surface area contributed by atoms with E-state index in [-0.39, 0.29) is 0 Å². The van der Waals surface area contributed by atoms with Gasteiger partial charge in [0.15, 0.2) is 0 Å². The maximum atomic E-state index is 4.37. The lowest BCUT2D eigenvalue weighted by atomic mass is 10.2. The average Bonchev–Trinajstić information content (AvgIpc) is 2.84. The van der Waals surface area contributed by atoms with Crippen LogP contribution in [0.4, 0.5) is 0 Å². The molecule has 0 aliphatic heterocycles. The first-order valence-electron chi connectivity index (χ1n) is 7.06. The Hall–Kier alpha value is -2.68. The molecule has 102 valence electrons. The fraction of sp³-hybridized carbons (Fsp3) is 0.111.